The molecule has 0 spiro atoms. The summed E-state index contributed by atoms with van der Waals surface area (Å²) in [5.41, 5.74) is -0.0711. The van der Waals surface area contributed by atoms with E-state index in [0.717, 1.165) is 30.6 Å². The van der Waals surface area contributed by atoms with Crippen LogP contribution in [-0.4, -0.2) is 40.0 Å². The van der Waals surface area contributed by atoms with Gasteiger partial charge < -0.3 is 10.3 Å². The molecule has 0 radical (unpaired) electrons. The van der Waals surface area contributed by atoms with Crippen LogP contribution >= 0.6 is 0 Å². The maximum absolute atomic E-state index is 11.6. The van der Waals surface area contributed by atoms with Gasteiger partial charge >= 0.3 is 0 Å². The Morgan fingerprint density at radius 1 is 1.42 bits per heavy atom. The van der Waals surface area contributed by atoms with Gasteiger partial charge in [-0.15, -0.1) is 0 Å². The number of nitrogens with zero attached hydrogens (tertiary/aromatic N) is 2. The third-order valence-corrected chi connectivity index (χ3v) is 3.94. The summed E-state index contributed by atoms with van der Waals surface area (Å²) in [6.45, 7) is 6.32. The van der Waals surface area contributed by atoms with Crippen molar-refractivity contribution in [2.45, 2.75) is 51.1 Å². The van der Waals surface area contributed by atoms with Gasteiger partial charge in [0.15, 0.2) is 0 Å². The van der Waals surface area contributed by atoms with E-state index in [1.807, 2.05) is 13.8 Å². The predicted octanol–water partition coefficient (Wildman–Crippen LogP) is 1.54. The average molecular weight is 262 g/mol. The zero-order valence-corrected chi connectivity index (χ0v) is 11.6. The summed E-state index contributed by atoms with van der Waals surface area (Å²) in [5, 5.41) is 3.42. The standard InChI is InChI=1S/C14H22N4O/c1-9(2)14-16-12(7-13(19)17-14)15-10-5-6-18(8-10)11-3-4-11/h7,9-11H,3-6,8H2,1-2H3,(H2,15,16,17,19). The van der Waals surface area contributed by atoms with E-state index in [1.54, 1.807) is 6.07 Å². The first-order chi connectivity index (χ1) is 9.11. The Balaban J connectivity index is 1.67. The maximum Gasteiger partial charge on any atom is 0.252 e. The van der Waals surface area contributed by atoms with Crippen LogP contribution in [0.2, 0.25) is 0 Å². The van der Waals surface area contributed by atoms with E-state index in [-0.39, 0.29) is 11.5 Å². The Morgan fingerprint density at radius 2 is 2.21 bits per heavy atom. The van der Waals surface area contributed by atoms with Gasteiger partial charge in [0, 0.05) is 37.2 Å². The molecule has 1 saturated heterocycles. The quantitative estimate of drug-likeness (QED) is 0.864. The molecule has 1 aliphatic heterocycles. The molecule has 1 aromatic heterocycles. The highest BCUT2D eigenvalue weighted by atomic mass is 16.1. The first-order valence-corrected chi connectivity index (χ1v) is 7.23. The van der Waals surface area contributed by atoms with Crippen molar-refractivity contribution in [3.05, 3.63) is 22.2 Å². The fourth-order valence-electron chi connectivity index (χ4n) is 2.71. The van der Waals surface area contributed by atoms with E-state index in [0.29, 0.717) is 6.04 Å². The molecule has 1 aliphatic carbocycles. The van der Waals surface area contributed by atoms with Crippen LogP contribution in [0.25, 0.3) is 0 Å². The molecule has 2 N–H and O–H groups in total. The fourth-order valence-corrected chi connectivity index (χ4v) is 2.71. The number of hydrogen-bond acceptors (Lipinski definition) is 4. The first-order valence-electron chi connectivity index (χ1n) is 7.23. The van der Waals surface area contributed by atoms with Crippen LogP contribution in [0.5, 0.6) is 0 Å². The summed E-state index contributed by atoms with van der Waals surface area (Å²) in [6, 6.07) is 2.81. The van der Waals surface area contributed by atoms with Gasteiger partial charge in [-0.1, -0.05) is 13.8 Å². The average Bonchev–Trinajstić information content (AvgIpc) is 3.10. The molecule has 0 bridgehead atoms. The lowest BCUT2D eigenvalue weighted by Crippen LogP contribution is -2.28. The molecule has 19 heavy (non-hydrogen) atoms. The van der Waals surface area contributed by atoms with E-state index in [1.165, 1.54) is 19.4 Å². The molecule has 3 rings (SSSR count). The minimum Gasteiger partial charge on any atom is -0.366 e. The SMILES string of the molecule is CC(C)c1nc(NC2CCN(C3CC3)C2)cc(=O)[nH]1. The lowest BCUT2D eigenvalue weighted by Gasteiger charge is -2.16. The number of nitrogens with one attached hydrogen (secondary N) is 2. The van der Waals surface area contributed by atoms with Crippen LogP contribution in [-0.2, 0) is 0 Å². The Morgan fingerprint density at radius 3 is 2.89 bits per heavy atom. The summed E-state index contributed by atoms with van der Waals surface area (Å²) < 4.78 is 0. The molecule has 0 amide bonds. The minimum absolute atomic E-state index is 0.0711. The Kier molecular flexibility index (Phi) is 3.31. The van der Waals surface area contributed by atoms with Gasteiger partial charge in [-0.25, -0.2) is 4.98 Å². The number of H-pyrrole nitrogens is 1. The zero-order chi connectivity index (χ0) is 13.4. The molecule has 104 valence electrons. The summed E-state index contributed by atoms with van der Waals surface area (Å²) in [4.78, 5) is 21.5. The van der Waals surface area contributed by atoms with Crippen molar-refractivity contribution in [2.24, 2.45) is 0 Å². The van der Waals surface area contributed by atoms with Crippen molar-refractivity contribution in [1.82, 2.24) is 14.9 Å². The lowest BCUT2D eigenvalue weighted by atomic mass is 10.2. The largest absolute Gasteiger partial charge is 0.366 e. The molecule has 0 aromatic carbocycles. The van der Waals surface area contributed by atoms with Gasteiger partial charge in [-0.05, 0) is 19.3 Å². The van der Waals surface area contributed by atoms with Crippen molar-refractivity contribution in [1.29, 1.82) is 0 Å². The van der Waals surface area contributed by atoms with Crippen LogP contribution in [0.15, 0.2) is 10.9 Å². The van der Waals surface area contributed by atoms with E-state index < -0.39 is 0 Å². The molecule has 1 atom stereocenters. The summed E-state index contributed by atoms with van der Waals surface area (Å²) in [7, 11) is 0. The second-order valence-electron chi connectivity index (χ2n) is 6.03. The highest BCUT2D eigenvalue weighted by Gasteiger charge is 2.34. The van der Waals surface area contributed by atoms with Crippen LogP contribution in [0, 0.1) is 0 Å². The van der Waals surface area contributed by atoms with Crippen molar-refractivity contribution >= 4 is 5.82 Å². The van der Waals surface area contributed by atoms with Gasteiger partial charge in [0.1, 0.15) is 11.6 Å². The molecule has 1 aromatic rings. The Bertz CT molecular complexity index is 506. The third-order valence-electron chi connectivity index (χ3n) is 3.94. The number of aromatic nitrogens is 2. The number of anilines is 1. The van der Waals surface area contributed by atoms with Gasteiger partial charge in [-0.2, -0.15) is 0 Å². The van der Waals surface area contributed by atoms with Gasteiger partial charge in [0.05, 0.1) is 0 Å². The number of aromatic amines is 1. The summed E-state index contributed by atoms with van der Waals surface area (Å²) in [6.07, 6.45) is 3.85. The van der Waals surface area contributed by atoms with Gasteiger partial charge in [-0.3, -0.25) is 9.69 Å². The van der Waals surface area contributed by atoms with E-state index in [4.69, 9.17) is 0 Å². The van der Waals surface area contributed by atoms with E-state index >= 15 is 0 Å². The molecule has 2 heterocycles. The summed E-state index contributed by atoms with van der Waals surface area (Å²) >= 11 is 0. The normalized spacial score (nSPS) is 24.1. The van der Waals surface area contributed by atoms with Crippen LogP contribution in [0.4, 0.5) is 5.82 Å². The molecule has 1 saturated carbocycles. The van der Waals surface area contributed by atoms with Crippen LogP contribution < -0.4 is 10.9 Å². The van der Waals surface area contributed by atoms with E-state index in [9.17, 15) is 4.79 Å². The monoisotopic (exact) mass is 262 g/mol. The van der Waals surface area contributed by atoms with E-state index in [2.05, 4.69) is 20.2 Å². The summed E-state index contributed by atoms with van der Waals surface area (Å²) in [5.74, 6) is 1.71. The molecule has 2 fully saturated rings. The molecule has 5 heteroatoms. The second kappa shape index (κ2) is 4.96. The maximum atomic E-state index is 11.6. The highest BCUT2D eigenvalue weighted by molar-refractivity contribution is 5.35. The number of rotatable bonds is 4. The van der Waals surface area contributed by atoms with Gasteiger partial charge in [0.2, 0.25) is 0 Å². The minimum atomic E-state index is -0.0711. The predicted molar refractivity (Wildman–Crippen MR) is 75.6 cm³/mol. The molecule has 2 aliphatic rings. The first kappa shape index (κ1) is 12.7. The smallest absolute Gasteiger partial charge is 0.252 e. The number of hydrogen-bond donors (Lipinski definition) is 2. The van der Waals surface area contributed by atoms with Crippen molar-refractivity contribution in [3.63, 3.8) is 0 Å². The highest BCUT2D eigenvalue weighted by Crippen LogP contribution is 2.30. The molecule has 1 unspecified atom stereocenters. The molecular weight excluding hydrogens is 240 g/mol. The second-order valence-corrected chi connectivity index (χ2v) is 6.03. The molecular formula is C14H22N4O. The number of likely N-dealkylation sites (tertiary alicyclic amines) is 1. The third kappa shape index (κ3) is 2.97. The van der Waals surface area contributed by atoms with Crippen molar-refractivity contribution in [2.75, 3.05) is 18.4 Å². The van der Waals surface area contributed by atoms with Crippen LogP contribution in [0.3, 0.4) is 0 Å². The topological polar surface area (TPSA) is 61.0 Å². The Hall–Kier alpha value is -1.36. The van der Waals surface area contributed by atoms with Gasteiger partial charge in [0.25, 0.3) is 5.56 Å². The zero-order valence-electron chi connectivity index (χ0n) is 11.6. The van der Waals surface area contributed by atoms with Crippen LogP contribution in [0.1, 0.15) is 44.9 Å². The van der Waals surface area contributed by atoms with Crippen molar-refractivity contribution in [3.8, 4) is 0 Å². The van der Waals surface area contributed by atoms with Crippen molar-refractivity contribution < 1.29 is 0 Å². The Labute approximate surface area is 113 Å². The fraction of sp³-hybridized carbons (Fsp3) is 0.714. The lowest BCUT2D eigenvalue weighted by molar-refractivity contribution is 0.326. The molecule has 5 nitrogen and oxygen atoms in total.